The zero-order valence-corrected chi connectivity index (χ0v) is 13.1. The predicted molar refractivity (Wildman–Crippen MR) is 81.0 cm³/mol. The van der Waals surface area contributed by atoms with E-state index >= 15 is 0 Å². The molecule has 0 unspecified atom stereocenters. The van der Waals surface area contributed by atoms with Crippen LogP contribution in [-0.2, 0) is 0 Å². The number of nitrogens with one attached hydrogen (secondary N) is 1. The lowest BCUT2D eigenvalue weighted by molar-refractivity contribution is 1.04. The molecule has 0 radical (unpaired) electrons. The van der Waals surface area contributed by atoms with Crippen LogP contribution in [0, 0.1) is 13.8 Å². The van der Waals surface area contributed by atoms with Crippen LogP contribution in [0.4, 0.5) is 17.3 Å². The average molecular weight is 372 g/mol. The molecule has 0 aliphatic carbocycles. The van der Waals surface area contributed by atoms with Gasteiger partial charge in [-0.1, -0.05) is 15.9 Å². The van der Waals surface area contributed by atoms with E-state index in [-0.39, 0.29) is 0 Å². The van der Waals surface area contributed by atoms with Crippen LogP contribution in [0.3, 0.4) is 0 Å². The number of anilines is 3. The van der Waals surface area contributed by atoms with E-state index < -0.39 is 0 Å². The molecule has 2 rings (SSSR count). The van der Waals surface area contributed by atoms with Gasteiger partial charge in [-0.05, 0) is 48.0 Å². The van der Waals surface area contributed by atoms with Gasteiger partial charge < -0.3 is 11.1 Å². The minimum atomic E-state index is 0.498. The molecule has 0 amide bonds. The van der Waals surface area contributed by atoms with Crippen molar-refractivity contribution >= 4 is 49.2 Å². The average Bonchev–Trinajstić information content (AvgIpc) is 2.29. The number of aromatic nitrogens is 2. The summed E-state index contributed by atoms with van der Waals surface area (Å²) in [6.07, 6.45) is 0. The van der Waals surface area contributed by atoms with E-state index in [4.69, 9.17) is 5.73 Å². The molecule has 0 saturated heterocycles. The van der Waals surface area contributed by atoms with E-state index in [1.54, 1.807) is 0 Å². The summed E-state index contributed by atoms with van der Waals surface area (Å²) in [5, 5.41) is 3.25. The molecule has 0 saturated carbocycles. The molecule has 4 nitrogen and oxygen atoms in total. The summed E-state index contributed by atoms with van der Waals surface area (Å²) in [6, 6.07) is 5.89. The summed E-state index contributed by atoms with van der Waals surface area (Å²) >= 11 is 6.92. The van der Waals surface area contributed by atoms with Crippen molar-refractivity contribution in [1.82, 2.24) is 9.97 Å². The van der Waals surface area contributed by atoms with E-state index in [1.807, 2.05) is 32.0 Å². The number of aryl methyl sites for hydroxylation is 1. The first kappa shape index (κ1) is 13.3. The molecule has 0 aliphatic rings. The normalized spacial score (nSPS) is 10.4. The quantitative estimate of drug-likeness (QED) is 0.838. The molecule has 0 spiro atoms. The van der Waals surface area contributed by atoms with Gasteiger partial charge >= 0.3 is 0 Å². The largest absolute Gasteiger partial charge is 0.383 e. The van der Waals surface area contributed by atoms with Crippen molar-refractivity contribution in [1.29, 1.82) is 0 Å². The standard InChI is InChI=1S/C12H12Br2N4/c1-6-11(15)16-7(2)17-12(6)18-10-4-3-8(13)5-9(10)14/h3-5H,1-2H3,(H3,15,16,17,18). The van der Waals surface area contributed by atoms with Gasteiger partial charge in [0, 0.05) is 14.5 Å². The second-order valence-corrected chi connectivity index (χ2v) is 5.65. The summed E-state index contributed by atoms with van der Waals surface area (Å²) in [6.45, 7) is 3.71. The lowest BCUT2D eigenvalue weighted by atomic mass is 10.2. The van der Waals surface area contributed by atoms with E-state index in [2.05, 4.69) is 47.1 Å². The molecule has 0 fully saturated rings. The molecule has 18 heavy (non-hydrogen) atoms. The maximum absolute atomic E-state index is 5.83. The number of halogens is 2. The van der Waals surface area contributed by atoms with Gasteiger partial charge in [-0.2, -0.15) is 0 Å². The van der Waals surface area contributed by atoms with Crippen LogP contribution in [0.2, 0.25) is 0 Å². The van der Waals surface area contributed by atoms with Crippen LogP contribution in [0.15, 0.2) is 27.1 Å². The van der Waals surface area contributed by atoms with Gasteiger partial charge in [0.2, 0.25) is 0 Å². The van der Waals surface area contributed by atoms with Crippen LogP contribution < -0.4 is 11.1 Å². The van der Waals surface area contributed by atoms with Crippen molar-refractivity contribution in [3.05, 3.63) is 38.5 Å². The molecule has 0 bridgehead atoms. The molecule has 0 atom stereocenters. The molecule has 3 N–H and O–H groups in total. The van der Waals surface area contributed by atoms with Crippen molar-refractivity contribution < 1.29 is 0 Å². The van der Waals surface area contributed by atoms with Gasteiger partial charge in [-0.25, -0.2) is 9.97 Å². The third kappa shape index (κ3) is 2.81. The first-order valence-corrected chi connectivity index (χ1v) is 6.89. The fourth-order valence-electron chi connectivity index (χ4n) is 1.49. The minimum absolute atomic E-state index is 0.498. The Kier molecular flexibility index (Phi) is 3.87. The second kappa shape index (κ2) is 5.24. The summed E-state index contributed by atoms with van der Waals surface area (Å²) in [4.78, 5) is 8.48. The lowest BCUT2D eigenvalue weighted by Crippen LogP contribution is -2.05. The molecular formula is C12H12Br2N4. The summed E-state index contributed by atoms with van der Waals surface area (Å²) in [7, 11) is 0. The summed E-state index contributed by atoms with van der Waals surface area (Å²) < 4.78 is 1.96. The number of nitrogens with two attached hydrogens (primary N) is 1. The summed E-state index contributed by atoms with van der Waals surface area (Å²) in [5.74, 6) is 1.87. The smallest absolute Gasteiger partial charge is 0.139 e. The van der Waals surface area contributed by atoms with Crippen LogP contribution in [0.1, 0.15) is 11.4 Å². The highest BCUT2D eigenvalue weighted by atomic mass is 79.9. The van der Waals surface area contributed by atoms with Crippen molar-refractivity contribution in [3.63, 3.8) is 0 Å². The zero-order valence-electron chi connectivity index (χ0n) is 9.96. The van der Waals surface area contributed by atoms with Crippen LogP contribution >= 0.6 is 31.9 Å². The first-order valence-electron chi connectivity index (χ1n) is 5.30. The number of benzene rings is 1. The molecule has 0 aliphatic heterocycles. The fraction of sp³-hybridized carbons (Fsp3) is 0.167. The van der Waals surface area contributed by atoms with E-state index in [9.17, 15) is 0 Å². The highest BCUT2D eigenvalue weighted by Crippen LogP contribution is 2.30. The number of hydrogen-bond donors (Lipinski definition) is 2. The van der Waals surface area contributed by atoms with Crippen LogP contribution in [0.25, 0.3) is 0 Å². The molecule has 1 aromatic heterocycles. The van der Waals surface area contributed by atoms with Crippen molar-refractivity contribution in [2.75, 3.05) is 11.1 Å². The number of nitrogen functional groups attached to an aromatic ring is 1. The fourth-order valence-corrected chi connectivity index (χ4v) is 2.64. The number of hydrogen-bond acceptors (Lipinski definition) is 4. The van der Waals surface area contributed by atoms with Crippen LogP contribution in [0.5, 0.6) is 0 Å². The van der Waals surface area contributed by atoms with Crippen LogP contribution in [-0.4, -0.2) is 9.97 Å². The third-order valence-corrected chi connectivity index (χ3v) is 3.63. The Morgan fingerprint density at radius 1 is 1.17 bits per heavy atom. The predicted octanol–water partition coefficient (Wildman–Crippen LogP) is 3.94. The molecular weight excluding hydrogens is 360 g/mol. The van der Waals surface area contributed by atoms with Crippen molar-refractivity contribution in [3.8, 4) is 0 Å². The molecule has 1 heterocycles. The second-order valence-electron chi connectivity index (χ2n) is 3.88. The maximum atomic E-state index is 5.83. The minimum Gasteiger partial charge on any atom is -0.383 e. The van der Waals surface area contributed by atoms with E-state index in [0.717, 1.165) is 26.0 Å². The van der Waals surface area contributed by atoms with E-state index in [0.29, 0.717) is 11.6 Å². The molecule has 6 heteroatoms. The highest BCUT2D eigenvalue weighted by molar-refractivity contribution is 9.11. The van der Waals surface area contributed by atoms with E-state index in [1.165, 1.54) is 0 Å². The Morgan fingerprint density at radius 3 is 2.56 bits per heavy atom. The van der Waals surface area contributed by atoms with Gasteiger partial charge in [0.1, 0.15) is 17.5 Å². The Bertz CT molecular complexity index is 599. The van der Waals surface area contributed by atoms with Crippen molar-refractivity contribution in [2.45, 2.75) is 13.8 Å². The van der Waals surface area contributed by atoms with Gasteiger partial charge in [-0.15, -0.1) is 0 Å². The van der Waals surface area contributed by atoms with Crippen molar-refractivity contribution in [2.24, 2.45) is 0 Å². The molecule has 1 aromatic carbocycles. The van der Waals surface area contributed by atoms with Gasteiger partial charge in [0.25, 0.3) is 0 Å². The highest BCUT2D eigenvalue weighted by Gasteiger charge is 2.08. The Labute approximate surface area is 122 Å². The summed E-state index contributed by atoms with van der Waals surface area (Å²) in [5.41, 5.74) is 7.60. The topological polar surface area (TPSA) is 63.8 Å². The Morgan fingerprint density at radius 2 is 1.89 bits per heavy atom. The zero-order chi connectivity index (χ0) is 13.3. The SMILES string of the molecule is Cc1nc(N)c(C)c(Nc2ccc(Br)cc2Br)n1. The molecule has 2 aromatic rings. The number of rotatable bonds is 2. The Balaban J connectivity index is 2.40. The van der Waals surface area contributed by atoms with Gasteiger partial charge in [-0.3, -0.25) is 0 Å². The Hall–Kier alpha value is -1.14. The van der Waals surface area contributed by atoms with Gasteiger partial charge in [0.05, 0.1) is 5.69 Å². The molecule has 94 valence electrons. The first-order chi connectivity index (χ1) is 8.47. The van der Waals surface area contributed by atoms with Gasteiger partial charge in [0.15, 0.2) is 0 Å². The maximum Gasteiger partial charge on any atom is 0.139 e. The third-order valence-electron chi connectivity index (χ3n) is 2.48. The monoisotopic (exact) mass is 370 g/mol. The lowest BCUT2D eigenvalue weighted by Gasteiger charge is -2.12. The number of nitrogens with zero attached hydrogens (tertiary/aromatic N) is 2.